The van der Waals surface area contributed by atoms with Crippen LogP contribution in [0.25, 0.3) is 16.9 Å². The summed E-state index contributed by atoms with van der Waals surface area (Å²) in [6, 6.07) is 3.69. The number of nitrogens with zero attached hydrogens (tertiary/aromatic N) is 3. The van der Waals surface area contributed by atoms with E-state index in [-0.39, 0.29) is 17.2 Å². The van der Waals surface area contributed by atoms with Gasteiger partial charge in [0.05, 0.1) is 5.69 Å². The number of carbonyl (C=O) groups is 1. The second-order valence-electron chi connectivity index (χ2n) is 4.57. The quantitative estimate of drug-likeness (QED) is 0.716. The van der Waals surface area contributed by atoms with Crippen LogP contribution in [0.1, 0.15) is 23.1 Å². The van der Waals surface area contributed by atoms with Gasteiger partial charge in [-0.25, -0.2) is 4.98 Å². The van der Waals surface area contributed by atoms with Crippen molar-refractivity contribution >= 4 is 11.3 Å². The molecular weight excluding hydrogens is 256 g/mol. The highest BCUT2D eigenvalue weighted by atomic mass is 16.1. The summed E-state index contributed by atoms with van der Waals surface area (Å²) in [4.78, 5) is 34.8. The Morgan fingerprint density at radius 3 is 2.90 bits per heavy atom. The lowest BCUT2D eigenvalue weighted by atomic mass is 10.2. The van der Waals surface area contributed by atoms with Crippen LogP contribution < -0.4 is 5.56 Å². The van der Waals surface area contributed by atoms with Crippen LogP contribution in [0.4, 0.5) is 0 Å². The van der Waals surface area contributed by atoms with Gasteiger partial charge in [0.25, 0.3) is 5.56 Å². The zero-order chi connectivity index (χ0) is 14.3. The fourth-order valence-electron chi connectivity index (χ4n) is 2.14. The second kappa shape index (κ2) is 4.41. The molecule has 0 saturated heterocycles. The number of rotatable bonds is 2. The molecule has 3 aromatic heterocycles. The van der Waals surface area contributed by atoms with Crippen LogP contribution in [0.2, 0.25) is 0 Å². The van der Waals surface area contributed by atoms with Gasteiger partial charge >= 0.3 is 0 Å². The molecule has 100 valence electrons. The summed E-state index contributed by atoms with van der Waals surface area (Å²) in [6.07, 6.45) is 4.75. The first-order chi connectivity index (χ1) is 9.58. The Bertz CT molecular complexity index is 876. The number of H-pyrrole nitrogens is 1. The van der Waals surface area contributed by atoms with E-state index in [0.717, 1.165) is 5.56 Å². The largest absolute Gasteiger partial charge is 0.326 e. The van der Waals surface area contributed by atoms with Crippen LogP contribution in [-0.4, -0.2) is 25.1 Å². The first-order valence-electron chi connectivity index (χ1n) is 6.11. The SMILES string of the molecule is CC(=O)c1nc(-c2cc(C)ccn2)c2c(=O)[nH]ccn12. The number of fused-ring (bicyclic) bond motifs is 1. The first kappa shape index (κ1) is 12.3. The van der Waals surface area contributed by atoms with E-state index in [1.165, 1.54) is 17.5 Å². The van der Waals surface area contributed by atoms with Crippen LogP contribution in [-0.2, 0) is 0 Å². The highest BCUT2D eigenvalue weighted by Gasteiger charge is 2.18. The molecule has 3 rings (SSSR count). The van der Waals surface area contributed by atoms with Gasteiger partial charge in [0.15, 0.2) is 11.6 Å². The molecule has 0 saturated carbocycles. The van der Waals surface area contributed by atoms with Crippen molar-refractivity contribution in [2.75, 3.05) is 0 Å². The summed E-state index contributed by atoms with van der Waals surface area (Å²) in [5.41, 5.74) is 2.03. The zero-order valence-corrected chi connectivity index (χ0v) is 11.0. The van der Waals surface area contributed by atoms with E-state index >= 15 is 0 Å². The van der Waals surface area contributed by atoms with Crippen molar-refractivity contribution in [3.05, 3.63) is 52.5 Å². The fraction of sp³-hybridized carbons (Fsp3) is 0.143. The van der Waals surface area contributed by atoms with Crippen molar-refractivity contribution in [1.29, 1.82) is 0 Å². The molecule has 1 N–H and O–H groups in total. The molecule has 3 aromatic rings. The number of ketones is 1. The third kappa shape index (κ3) is 1.82. The summed E-state index contributed by atoms with van der Waals surface area (Å²) in [5, 5.41) is 0. The predicted octanol–water partition coefficient (Wildman–Crippen LogP) is 1.60. The molecule has 0 spiro atoms. The lowest BCUT2D eigenvalue weighted by molar-refractivity contribution is 0.100. The molecule has 6 heteroatoms. The number of aromatic amines is 1. The first-order valence-corrected chi connectivity index (χ1v) is 6.11. The van der Waals surface area contributed by atoms with Crippen LogP contribution in [0.5, 0.6) is 0 Å². The fourth-order valence-corrected chi connectivity index (χ4v) is 2.14. The van der Waals surface area contributed by atoms with Gasteiger partial charge in [-0.2, -0.15) is 0 Å². The molecule has 0 aliphatic heterocycles. The van der Waals surface area contributed by atoms with Gasteiger partial charge in [0.1, 0.15) is 11.2 Å². The van der Waals surface area contributed by atoms with E-state index in [2.05, 4.69) is 15.0 Å². The molecule has 0 fully saturated rings. The minimum atomic E-state index is -0.300. The molecule has 0 unspecified atom stereocenters. The minimum Gasteiger partial charge on any atom is -0.326 e. The van der Waals surface area contributed by atoms with E-state index in [9.17, 15) is 9.59 Å². The number of carbonyl (C=O) groups excluding carboxylic acids is 1. The maximum atomic E-state index is 12.0. The normalized spacial score (nSPS) is 10.9. The van der Waals surface area contributed by atoms with Crippen molar-refractivity contribution in [2.24, 2.45) is 0 Å². The van der Waals surface area contributed by atoms with Gasteiger partial charge in [-0.1, -0.05) is 0 Å². The number of nitrogens with one attached hydrogen (secondary N) is 1. The summed E-state index contributed by atoms with van der Waals surface area (Å²) in [7, 11) is 0. The molecule has 0 bridgehead atoms. The molecule has 0 aliphatic carbocycles. The molecule has 0 atom stereocenters. The van der Waals surface area contributed by atoms with E-state index < -0.39 is 0 Å². The van der Waals surface area contributed by atoms with E-state index in [0.29, 0.717) is 16.9 Å². The van der Waals surface area contributed by atoms with Crippen LogP contribution >= 0.6 is 0 Å². The summed E-state index contributed by atoms with van der Waals surface area (Å²) >= 11 is 0. The molecule has 6 nitrogen and oxygen atoms in total. The van der Waals surface area contributed by atoms with E-state index in [4.69, 9.17) is 0 Å². The maximum Gasteiger partial charge on any atom is 0.274 e. The van der Waals surface area contributed by atoms with Crippen LogP contribution in [0.15, 0.2) is 35.5 Å². The Balaban J connectivity index is 2.42. The van der Waals surface area contributed by atoms with Crippen LogP contribution in [0, 0.1) is 6.92 Å². The summed E-state index contributed by atoms with van der Waals surface area (Å²) in [5.74, 6) is 0.0221. The average Bonchev–Trinajstić information content (AvgIpc) is 2.80. The van der Waals surface area contributed by atoms with Gasteiger partial charge in [-0.05, 0) is 24.6 Å². The number of aromatic nitrogens is 4. The Kier molecular flexibility index (Phi) is 2.71. The molecule has 0 radical (unpaired) electrons. The lowest BCUT2D eigenvalue weighted by Crippen LogP contribution is -2.10. The maximum absolute atomic E-state index is 12.0. The second-order valence-corrected chi connectivity index (χ2v) is 4.57. The van der Waals surface area contributed by atoms with Gasteiger partial charge in [0.2, 0.25) is 0 Å². The lowest BCUT2D eigenvalue weighted by Gasteiger charge is -1.98. The summed E-state index contributed by atoms with van der Waals surface area (Å²) < 4.78 is 1.50. The van der Waals surface area contributed by atoms with E-state index in [1.807, 2.05) is 19.1 Å². The van der Waals surface area contributed by atoms with Crippen molar-refractivity contribution in [2.45, 2.75) is 13.8 Å². The van der Waals surface area contributed by atoms with Gasteiger partial charge < -0.3 is 4.98 Å². The average molecular weight is 268 g/mol. The molecular formula is C14H12N4O2. The van der Waals surface area contributed by atoms with Crippen molar-refractivity contribution in [3.63, 3.8) is 0 Å². The molecule has 20 heavy (non-hydrogen) atoms. The summed E-state index contributed by atoms with van der Waals surface area (Å²) in [6.45, 7) is 3.35. The van der Waals surface area contributed by atoms with Crippen molar-refractivity contribution in [3.8, 4) is 11.4 Å². The van der Waals surface area contributed by atoms with Crippen molar-refractivity contribution in [1.82, 2.24) is 19.4 Å². The minimum absolute atomic E-state index is 0.204. The Hall–Kier alpha value is -2.76. The molecule has 0 aromatic carbocycles. The number of pyridine rings is 1. The number of imidazole rings is 1. The topological polar surface area (TPSA) is 80.1 Å². The Morgan fingerprint density at radius 2 is 2.20 bits per heavy atom. The predicted molar refractivity (Wildman–Crippen MR) is 73.8 cm³/mol. The third-order valence-corrected chi connectivity index (χ3v) is 3.04. The molecule has 0 aliphatic rings. The van der Waals surface area contributed by atoms with Gasteiger partial charge in [0, 0.05) is 25.5 Å². The molecule has 3 heterocycles. The number of Topliss-reactive ketones (excluding diaryl/α,β-unsaturated/α-hetero) is 1. The highest BCUT2D eigenvalue weighted by Crippen LogP contribution is 2.21. The van der Waals surface area contributed by atoms with Gasteiger partial charge in [-0.3, -0.25) is 19.0 Å². The van der Waals surface area contributed by atoms with Crippen molar-refractivity contribution < 1.29 is 4.79 Å². The van der Waals surface area contributed by atoms with Crippen LogP contribution in [0.3, 0.4) is 0 Å². The van der Waals surface area contributed by atoms with E-state index in [1.54, 1.807) is 12.4 Å². The Morgan fingerprint density at radius 1 is 1.40 bits per heavy atom. The monoisotopic (exact) mass is 268 g/mol. The smallest absolute Gasteiger partial charge is 0.274 e. The van der Waals surface area contributed by atoms with Gasteiger partial charge in [-0.15, -0.1) is 0 Å². The number of hydrogen-bond acceptors (Lipinski definition) is 4. The standard InChI is InChI=1S/C14H12N4O2/c1-8-3-4-15-10(7-8)11-12-14(20)16-5-6-18(12)13(17-11)9(2)19/h3-7H,1-2H3,(H,16,20). The molecule has 0 amide bonds. The highest BCUT2D eigenvalue weighted by molar-refractivity contribution is 5.94. The number of aryl methyl sites for hydroxylation is 1. The zero-order valence-electron chi connectivity index (χ0n) is 11.0. The number of hydrogen-bond donors (Lipinski definition) is 1. The Labute approximate surface area is 114 Å². The third-order valence-electron chi connectivity index (χ3n) is 3.04.